The van der Waals surface area contributed by atoms with Gasteiger partial charge in [0.05, 0.1) is 12.1 Å². The van der Waals surface area contributed by atoms with E-state index < -0.39 is 0 Å². The molecule has 1 N–H and O–H groups in total. The second kappa shape index (κ2) is 11.9. The Bertz CT molecular complexity index is 987. The van der Waals surface area contributed by atoms with Gasteiger partial charge < -0.3 is 19.9 Å². The Morgan fingerprint density at radius 2 is 1.64 bits per heavy atom. The van der Waals surface area contributed by atoms with Gasteiger partial charge in [-0.1, -0.05) is 74.5 Å². The Labute approximate surface area is 216 Å². The van der Waals surface area contributed by atoms with Gasteiger partial charge in [0.25, 0.3) is 0 Å². The van der Waals surface area contributed by atoms with Gasteiger partial charge in [-0.3, -0.25) is 4.79 Å². The lowest BCUT2D eigenvalue weighted by molar-refractivity contribution is -0.121. The monoisotopic (exact) mass is 491 g/mol. The SMILES string of the molecule is CC(=O)NC1(c2ccccc2)CCN(C2CCN(C(=O)OCC(C)C)C(Cc3ccccc3)C2)CC1. The first kappa shape index (κ1) is 26.2. The van der Waals surface area contributed by atoms with Crippen molar-refractivity contribution in [1.29, 1.82) is 0 Å². The van der Waals surface area contributed by atoms with Gasteiger partial charge in [0, 0.05) is 38.6 Å². The number of carbonyl (C=O) groups excluding carboxylic acids is 2. The minimum Gasteiger partial charge on any atom is -0.449 e. The highest BCUT2D eigenvalue weighted by Gasteiger charge is 2.41. The molecule has 2 atom stereocenters. The van der Waals surface area contributed by atoms with Gasteiger partial charge in [0.1, 0.15) is 0 Å². The van der Waals surface area contributed by atoms with E-state index in [9.17, 15) is 9.59 Å². The van der Waals surface area contributed by atoms with Gasteiger partial charge in [-0.05, 0) is 49.1 Å². The number of hydrogen-bond acceptors (Lipinski definition) is 4. The van der Waals surface area contributed by atoms with Crippen molar-refractivity contribution in [2.24, 2.45) is 5.92 Å². The molecule has 2 aliphatic heterocycles. The molecular formula is C30H41N3O3. The van der Waals surface area contributed by atoms with Crippen LogP contribution >= 0.6 is 0 Å². The maximum Gasteiger partial charge on any atom is 0.410 e. The molecule has 0 aromatic heterocycles. The fraction of sp³-hybridized carbons (Fsp3) is 0.533. The van der Waals surface area contributed by atoms with E-state index in [1.807, 2.05) is 29.2 Å². The number of carbonyl (C=O) groups is 2. The summed E-state index contributed by atoms with van der Waals surface area (Å²) in [6.07, 6.45) is 4.30. The van der Waals surface area contributed by atoms with Crippen LogP contribution in [0.2, 0.25) is 0 Å². The van der Waals surface area contributed by atoms with E-state index in [1.54, 1.807) is 6.92 Å². The van der Waals surface area contributed by atoms with Crippen molar-refractivity contribution in [2.45, 2.75) is 70.5 Å². The van der Waals surface area contributed by atoms with Crippen molar-refractivity contribution in [3.8, 4) is 0 Å². The number of amides is 2. The number of rotatable bonds is 7. The lowest BCUT2D eigenvalue weighted by atomic mass is 9.79. The first-order valence-corrected chi connectivity index (χ1v) is 13.4. The Morgan fingerprint density at radius 3 is 2.25 bits per heavy atom. The van der Waals surface area contributed by atoms with Crippen molar-refractivity contribution >= 4 is 12.0 Å². The van der Waals surface area contributed by atoms with Crippen molar-refractivity contribution in [2.75, 3.05) is 26.2 Å². The van der Waals surface area contributed by atoms with Crippen molar-refractivity contribution in [3.05, 3.63) is 71.8 Å². The number of hydrogen-bond donors (Lipinski definition) is 1. The van der Waals surface area contributed by atoms with Gasteiger partial charge >= 0.3 is 6.09 Å². The number of piperidine rings is 2. The first-order valence-electron chi connectivity index (χ1n) is 13.4. The molecule has 0 bridgehead atoms. The van der Waals surface area contributed by atoms with Crippen LogP contribution in [0.25, 0.3) is 0 Å². The fourth-order valence-corrected chi connectivity index (χ4v) is 5.85. The van der Waals surface area contributed by atoms with Crippen molar-refractivity contribution in [3.63, 3.8) is 0 Å². The minimum atomic E-state index is -0.311. The third-order valence-corrected chi connectivity index (χ3v) is 7.69. The Kier molecular flexibility index (Phi) is 8.68. The fourth-order valence-electron chi connectivity index (χ4n) is 5.85. The van der Waals surface area contributed by atoms with Crippen molar-refractivity contribution < 1.29 is 14.3 Å². The Morgan fingerprint density at radius 1 is 1.00 bits per heavy atom. The summed E-state index contributed by atoms with van der Waals surface area (Å²) >= 11 is 0. The molecule has 0 saturated carbocycles. The molecule has 194 valence electrons. The number of likely N-dealkylation sites (tertiary alicyclic amines) is 2. The molecule has 2 saturated heterocycles. The molecule has 0 spiro atoms. The predicted molar refractivity (Wildman–Crippen MR) is 143 cm³/mol. The molecule has 6 nitrogen and oxygen atoms in total. The van der Waals surface area contributed by atoms with Crippen LogP contribution < -0.4 is 5.32 Å². The molecule has 36 heavy (non-hydrogen) atoms. The van der Waals surface area contributed by atoms with Crippen molar-refractivity contribution in [1.82, 2.24) is 15.1 Å². The summed E-state index contributed by atoms with van der Waals surface area (Å²) in [6, 6.07) is 21.3. The smallest absolute Gasteiger partial charge is 0.410 e. The van der Waals surface area contributed by atoms with E-state index >= 15 is 0 Å². The average molecular weight is 492 g/mol. The number of nitrogens with one attached hydrogen (secondary N) is 1. The summed E-state index contributed by atoms with van der Waals surface area (Å²) in [7, 11) is 0. The topological polar surface area (TPSA) is 61.9 Å². The molecule has 6 heteroatoms. The zero-order valence-electron chi connectivity index (χ0n) is 22.0. The second-order valence-corrected chi connectivity index (χ2v) is 10.9. The zero-order valence-corrected chi connectivity index (χ0v) is 22.0. The van der Waals surface area contributed by atoms with Crippen LogP contribution in [0.5, 0.6) is 0 Å². The molecule has 0 aliphatic carbocycles. The summed E-state index contributed by atoms with van der Waals surface area (Å²) in [5, 5.41) is 3.29. The van der Waals surface area contributed by atoms with Gasteiger partial charge in [-0.25, -0.2) is 4.79 Å². The summed E-state index contributed by atoms with van der Waals surface area (Å²) in [6.45, 7) is 8.75. The summed E-state index contributed by atoms with van der Waals surface area (Å²) < 4.78 is 5.64. The minimum absolute atomic E-state index is 0.0171. The number of benzene rings is 2. The molecular weight excluding hydrogens is 450 g/mol. The van der Waals surface area contributed by atoms with E-state index in [2.05, 4.69) is 60.5 Å². The van der Waals surface area contributed by atoms with Crippen LogP contribution in [0.3, 0.4) is 0 Å². The maximum atomic E-state index is 13.0. The zero-order chi connectivity index (χ0) is 25.5. The van der Waals surface area contributed by atoms with Crippen LogP contribution in [-0.4, -0.2) is 60.1 Å². The summed E-state index contributed by atoms with van der Waals surface area (Å²) in [4.78, 5) is 29.6. The third kappa shape index (κ3) is 6.47. The lowest BCUT2D eigenvalue weighted by Gasteiger charge is -2.48. The van der Waals surface area contributed by atoms with Gasteiger partial charge in [-0.15, -0.1) is 0 Å². The molecule has 2 aromatic carbocycles. The van der Waals surface area contributed by atoms with Crippen LogP contribution in [0.15, 0.2) is 60.7 Å². The molecule has 2 aromatic rings. The summed E-state index contributed by atoms with van der Waals surface area (Å²) in [5.41, 5.74) is 2.12. The average Bonchev–Trinajstić information content (AvgIpc) is 2.88. The molecule has 2 unspecified atom stereocenters. The summed E-state index contributed by atoms with van der Waals surface area (Å²) in [5.74, 6) is 0.337. The standard InChI is InChI=1S/C30H41N3O3/c1-23(2)22-36-29(35)33-17-14-27(21-28(33)20-25-10-6-4-7-11-25)32-18-15-30(16-19-32,31-24(3)34)26-12-8-5-9-13-26/h4-13,23,27-28H,14-22H2,1-3H3,(H,31,34). The van der Waals surface area contributed by atoms with Gasteiger partial charge in [-0.2, -0.15) is 0 Å². The van der Waals surface area contributed by atoms with E-state index in [1.165, 1.54) is 11.1 Å². The Hall–Kier alpha value is -2.86. The van der Waals surface area contributed by atoms with Crippen LogP contribution in [0, 0.1) is 5.92 Å². The van der Waals surface area contributed by atoms with Crippen LogP contribution in [0.4, 0.5) is 4.79 Å². The molecule has 2 amide bonds. The molecule has 0 radical (unpaired) electrons. The first-order chi connectivity index (χ1) is 17.4. The number of ether oxygens (including phenoxy) is 1. The highest BCUT2D eigenvalue weighted by molar-refractivity contribution is 5.74. The Balaban J connectivity index is 1.45. The number of nitrogens with zero attached hydrogens (tertiary/aromatic N) is 2. The lowest BCUT2D eigenvalue weighted by Crippen LogP contribution is -2.58. The van der Waals surface area contributed by atoms with Gasteiger partial charge in [0.15, 0.2) is 0 Å². The van der Waals surface area contributed by atoms with E-state index in [-0.39, 0.29) is 23.6 Å². The van der Waals surface area contributed by atoms with Crippen LogP contribution in [-0.2, 0) is 21.5 Å². The van der Waals surface area contributed by atoms with E-state index in [4.69, 9.17) is 4.74 Å². The maximum absolute atomic E-state index is 13.0. The van der Waals surface area contributed by atoms with E-state index in [0.717, 1.165) is 45.2 Å². The van der Waals surface area contributed by atoms with Gasteiger partial charge in [0.2, 0.25) is 5.91 Å². The normalized spacial score (nSPS) is 22.3. The largest absolute Gasteiger partial charge is 0.449 e. The second-order valence-electron chi connectivity index (χ2n) is 10.9. The molecule has 4 rings (SSSR count). The van der Waals surface area contributed by atoms with Crippen LogP contribution in [0.1, 0.15) is 57.6 Å². The quantitative estimate of drug-likeness (QED) is 0.593. The molecule has 2 heterocycles. The van der Waals surface area contributed by atoms with E-state index in [0.29, 0.717) is 25.1 Å². The third-order valence-electron chi connectivity index (χ3n) is 7.69. The highest BCUT2D eigenvalue weighted by Crippen LogP contribution is 2.36. The highest BCUT2D eigenvalue weighted by atomic mass is 16.6. The molecule has 2 aliphatic rings. The predicted octanol–water partition coefficient (Wildman–Crippen LogP) is 4.98. The molecule has 2 fully saturated rings.